The highest BCUT2D eigenvalue weighted by Gasteiger charge is 2.16. The molecule has 0 saturated carbocycles. The second-order valence-corrected chi connectivity index (χ2v) is 3.56. The van der Waals surface area contributed by atoms with Crippen LogP contribution >= 0.6 is 0 Å². The summed E-state index contributed by atoms with van der Waals surface area (Å²) in [4.78, 5) is 22.4. The average Bonchev–Trinajstić information content (AvgIpc) is 2.42. The van der Waals surface area contributed by atoms with Gasteiger partial charge in [0.2, 0.25) is 11.7 Å². The van der Waals surface area contributed by atoms with E-state index in [0.717, 1.165) is 0 Å². The number of nitrogens with one attached hydrogen (secondary N) is 1. The van der Waals surface area contributed by atoms with Crippen LogP contribution in [0, 0.1) is 0 Å². The van der Waals surface area contributed by atoms with E-state index < -0.39 is 11.8 Å². The van der Waals surface area contributed by atoms with Crippen molar-refractivity contribution in [3.05, 3.63) is 17.7 Å². The van der Waals surface area contributed by atoms with Crippen molar-refractivity contribution in [1.29, 1.82) is 0 Å². The van der Waals surface area contributed by atoms with E-state index in [1.807, 2.05) is 0 Å². The van der Waals surface area contributed by atoms with Crippen molar-refractivity contribution in [2.24, 2.45) is 5.73 Å². The van der Waals surface area contributed by atoms with Crippen molar-refractivity contribution in [2.75, 3.05) is 27.9 Å². The van der Waals surface area contributed by atoms with E-state index in [1.54, 1.807) is 0 Å². The van der Waals surface area contributed by atoms with E-state index in [9.17, 15) is 9.59 Å². The summed E-state index contributed by atoms with van der Waals surface area (Å²) in [6.07, 6.45) is 0. The van der Waals surface area contributed by atoms with E-state index >= 15 is 0 Å². The van der Waals surface area contributed by atoms with Crippen molar-refractivity contribution in [1.82, 2.24) is 5.32 Å². The number of rotatable bonds is 6. The second-order valence-electron chi connectivity index (χ2n) is 3.56. The van der Waals surface area contributed by atoms with Crippen molar-refractivity contribution in [2.45, 2.75) is 0 Å². The normalized spacial score (nSPS) is 9.63. The fraction of sp³-hybridized carbons (Fsp3) is 0.333. The minimum atomic E-state index is -0.624. The van der Waals surface area contributed by atoms with Crippen LogP contribution in [0.5, 0.6) is 17.2 Å². The third kappa shape index (κ3) is 3.51. The maximum atomic E-state index is 11.8. The summed E-state index contributed by atoms with van der Waals surface area (Å²) >= 11 is 0. The number of benzene rings is 1. The molecule has 104 valence electrons. The van der Waals surface area contributed by atoms with Crippen LogP contribution in [0.3, 0.4) is 0 Å². The van der Waals surface area contributed by atoms with E-state index in [-0.39, 0.29) is 12.1 Å². The molecular weight excluding hydrogens is 252 g/mol. The molecule has 3 N–H and O–H groups in total. The van der Waals surface area contributed by atoms with Gasteiger partial charge in [-0.1, -0.05) is 0 Å². The van der Waals surface area contributed by atoms with Crippen LogP contribution in [-0.2, 0) is 4.79 Å². The summed E-state index contributed by atoms with van der Waals surface area (Å²) in [5, 5.41) is 2.37. The molecule has 0 heterocycles. The molecule has 0 fully saturated rings. The molecule has 0 aliphatic heterocycles. The Morgan fingerprint density at radius 3 is 2.00 bits per heavy atom. The number of amides is 2. The third-order valence-electron chi connectivity index (χ3n) is 2.35. The molecule has 0 aliphatic rings. The van der Waals surface area contributed by atoms with Gasteiger partial charge in [0.25, 0.3) is 5.91 Å². The molecule has 0 aliphatic carbocycles. The fourth-order valence-electron chi connectivity index (χ4n) is 1.48. The number of ether oxygens (including phenoxy) is 3. The molecule has 1 aromatic rings. The molecule has 0 saturated heterocycles. The predicted molar refractivity (Wildman–Crippen MR) is 67.6 cm³/mol. The Labute approximate surface area is 110 Å². The molecule has 1 rings (SSSR count). The number of hydrogen-bond donors (Lipinski definition) is 2. The molecule has 1 aromatic carbocycles. The monoisotopic (exact) mass is 268 g/mol. The standard InChI is InChI=1S/C12H16N2O5/c1-17-8-4-7(12(16)14-6-10(13)15)5-9(18-2)11(8)19-3/h4-5H,6H2,1-3H3,(H2,13,15)(H,14,16). The van der Waals surface area contributed by atoms with Crippen molar-refractivity contribution in [3.8, 4) is 17.2 Å². The quantitative estimate of drug-likeness (QED) is 0.752. The van der Waals surface area contributed by atoms with Crippen molar-refractivity contribution >= 4 is 11.8 Å². The Balaban J connectivity index is 3.08. The van der Waals surface area contributed by atoms with Gasteiger partial charge in [-0.2, -0.15) is 0 Å². The number of carbonyl (C=O) groups is 2. The lowest BCUT2D eigenvalue weighted by atomic mass is 10.1. The molecule has 0 bridgehead atoms. The Bertz CT molecular complexity index is 462. The van der Waals surface area contributed by atoms with Gasteiger partial charge in [0.05, 0.1) is 27.9 Å². The molecule has 2 amide bonds. The predicted octanol–water partition coefficient (Wildman–Crippen LogP) is -0.0725. The fourth-order valence-corrected chi connectivity index (χ4v) is 1.48. The number of nitrogens with two attached hydrogens (primary N) is 1. The van der Waals surface area contributed by atoms with E-state index in [0.29, 0.717) is 17.2 Å². The highest BCUT2D eigenvalue weighted by atomic mass is 16.5. The summed E-state index contributed by atoms with van der Waals surface area (Å²) in [5.41, 5.74) is 5.23. The maximum absolute atomic E-state index is 11.8. The van der Waals surface area contributed by atoms with E-state index in [1.165, 1.54) is 33.5 Å². The van der Waals surface area contributed by atoms with Gasteiger partial charge in [0.1, 0.15) is 0 Å². The lowest BCUT2D eigenvalue weighted by Crippen LogP contribution is -2.33. The summed E-state index contributed by atoms with van der Waals surface area (Å²) < 4.78 is 15.4. The van der Waals surface area contributed by atoms with E-state index in [2.05, 4.69) is 5.32 Å². The van der Waals surface area contributed by atoms with Crippen LogP contribution in [0.25, 0.3) is 0 Å². The molecule has 0 unspecified atom stereocenters. The van der Waals surface area contributed by atoms with Crippen molar-refractivity contribution in [3.63, 3.8) is 0 Å². The summed E-state index contributed by atoms with van der Waals surface area (Å²) in [7, 11) is 4.36. The van der Waals surface area contributed by atoms with Crippen LogP contribution in [0.4, 0.5) is 0 Å². The van der Waals surface area contributed by atoms with Crippen LogP contribution in [0.1, 0.15) is 10.4 Å². The van der Waals surface area contributed by atoms with E-state index in [4.69, 9.17) is 19.9 Å². The molecular formula is C12H16N2O5. The zero-order chi connectivity index (χ0) is 14.4. The lowest BCUT2D eigenvalue weighted by molar-refractivity contribution is -0.117. The summed E-state index contributed by atoms with van der Waals surface area (Å²) in [5.74, 6) is 0.00689. The highest BCUT2D eigenvalue weighted by Crippen LogP contribution is 2.38. The van der Waals surface area contributed by atoms with Gasteiger partial charge in [0.15, 0.2) is 11.5 Å². The largest absolute Gasteiger partial charge is 0.493 e. The van der Waals surface area contributed by atoms with Gasteiger partial charge >= 0.3 is 0 Å². The Kier molecular flexibility index (Phi) is 4.99. The molecule has 7 nitrogen and oxygen atoms in total. The SMILES string of the molecule is COc1cc(C(=O)NCC(N)=O)cc(OC)c1OC. The minimum absolute atomic E-state index is 0.241. The zero-order valence-corrected chi connectivity index (χ0v) is 11.0. The second kappa shape index (κ2) is 6.48. The third-order valence-corrected chi connectivity index (χ3v) is 2.35. The van der Waals surface area contributed by atoms with Crippen molar-refractivity contribution < 1.29 is 23.8 Å². The van der Waals surface area contributed by atoms with Gasteiger partial charge in [-0.15, -0.1) is 0 Å². The van der Waals surface area contributed by atoms with Gasteiger partial charge in [0, 0.05) is 5.56 Å². The van der Waals surface area contributed by atoms with Gasteiger partial charge < -0.3 is 25.3 Å². The molecule has 0 aromatic heterocycles. The Morgan fingerprint density at radius 1 is 1.11 bits per heavy atom. The maximum Gasteiger partial charge on any atom is 0.251 e. The van der Waals surface area contributed by atoms with Gasteiger partial charge in [-0.3, -0.25) is 9.59 Å². The first-order valence-electron chi connectivity index (χ1n) is 5.40. The highest BCUT2D eigenvalue weighted by molar-refractivity contribution is 5.97. The average molecular weight is 268 g/mol. The first-order chi connectivity index (χ1) is 9.03. The molecule has 0 radical (unpaired) electrons. The van der Waals surface area contributed by atoms with Gasteiger partial charge in [-0.25, -0.2) is 0 Å². The first kappa shape index (κ1) is 14.6. The Morgan fingerprint density at radius 2 is 1.63 bits per heavy atom. The molecule has 0 spiro atoms. The van der Waals surface area contributed by atoms with Crippen LogP contribution in [0.15, 0.2) is 12.1 Å². The molecule has 7 heteroatoms. The number of methoxy groups -OCH3 is 3. The smallest absolute Gasteiger partial charge is 0.251 e. The van der Waals surface area contributed by atoms with Gasteiger partial charge in [-0.05, 0) is 12.1 Å². The lowest BCUT2D eigenvalue weighted by Gasteiger charge is -2.13. The van der Waals surface area contributed by atoms with Crippen LogP contribution in [0.2, 0.25) is 0 Å². The summed E-state index contributed by atoms with van der Waals surface area (Å²) in [6.45, 7) is -0.241. The summed E-state index contributed by atoms with van der Waals surface area (Å²) in [6, 6.07) is 2.97. The molecule has 19 heavy (non-hydrogen) atoms. The van der Waals surface area contributed by atoms with Crippen LogP contribution in [-0.4, -0.2) is 39.7 Å². The van der Waals surface area contributed by atoms with Crippen LogP contribution < -0.4 is 25.3 Å². The Hall–Kier alpha value is -2.44. The topological polar surface area (TPSA) is 99.9 Å². The number of primary amides is 1. The molecule has 0 atom stereocenters. The number of hydrogen-bond acceptors (Lipinski definition) is 5. The first-order valence-corrected chi connectivity index (χ1v) is 5.40. The minimum Gasteiger partial charge on any atom is -0.493 e. The number of carbonyl (C=O) groups excluding carboxylic acids is 2. The zero-order valence-electron chi connectivity index (χ0n) is 11.0.